The Kier molecular flexibility index (Phi) is 6.57. The third-order valence-corrected chi connectivity index (χ3v) is 6.04. The second-order valence-electron chi connectivity index (χ2n) is 7.61. The van der Waals surface area contributed by atoms with Crippen molar-refractivity contribution in [2.75, 3.05) is 11.7 Å². The smallest absolute Gasteiger partial charge is 0.402 e. The van der Waals surface area contributed by atoms with Gasteiger partial charge in [-0.05, 0) is 24.3 Å². The molecule has 0 saturated carbocycles. The first kappa shape index (κ1) is 23.8. The molecule has 2 N–H and O–H groups in total. The Morgan fingerprint density at radius 3 is 2.58 bits per heavy atom. The van der Waals surface area contributed by atoms with Crippen LogP contribution in [0.4, 0.5) is 10.2 Å². The van der Waals surface area contributed by atoms with Crippen LogP contribution in [0, 0.1) is 0 Å². The van der Waals surface area contributed by atoms with E-state index in [0.717, 1.165) is 6.08 Å². The monoisotopic (exact) mass is 511 g/mol. The van der Waals surface area contributed by atoms with Crippen molar-refractivity contribution >= 4 is 30.5 Å². The van der Waals surface area contributed by atoms with E-state index in [1.165, 1.54) is 29.4 Å². The lowest BCUT2D eigenvalue weighted by atomic mass is 10.2. The van der Waals surface area contributed by atoms with Crippen molar-refractivity contribution in [2.24, 2.45) is 0 Å². The van der Waals surface area contributed by atoms with Gasteiger partial charge in [-0.2, -0.15) is 0 Å². The molecule has 0 aliphatic carbocycles. The summed E-state index contributed by atoms with van der Waals surface area (Å²) in [5.74, 6) is -0.779. The first-order valence-electron chi connectivity index (χ1n) is 10.6. The van der Waals surface area contributed by atoms with E-state index in [9.17, 15) is 18.6 Å². The molecule has 1 aliphatic rings. The molecule has 11 nitrogen and oxygen atoms in total. The Balaban J connectivity index is 1.27. The first-order chi connectivity index (χ1) is 17.4. The zero-order valence-corrected chi connectivity index (χ0v) is 19.4. The van der Waals surface area contributed by atoms with Gasteiger partial charge in [-0.3, -0.25) is 9.36 Å². The Morgan fingerprint density at radius 1 is 1.11 bits per heavy atom. The lowest BCUT2D eigenvalue weighted by Gasteiger charge is -2.18. The number of carbonyl (C=O) groups is 1. The highest BCUT2D eigenvalue weighted by molar-refractivity contribution is 7.53. The van der Waals surface area contributed by atoms with Crippen LogP contribution in [0.5, 0.6) is 5.75 Å². The fraction of sp³-hybridized carbons (Fsp3) is 0.130. The molecule has 3 heterocycles. The van der Waals surface area contributed by atoms with Gasteiger partial charge in [0.15, 0.2) is 41.7 Å². The summed E-state index contributed by atoms with van der Waals surface area (Å²) in [7, 11) is -4.19. The number of anilines is 1. The molecule has 4 aromatic rings. The molecule has 0 spiro atoms. The molecule has 1 aliphatic heterocycles. The minimum Gasteiger partial charge on any atom is -0.423 e. The summed E-state index contributed by atoms with van der Waals surface area (Å²) < 4.78 is 44.3. The van der Waals surface area contributed by atoms with Gasteiger partial charge in [-0.25, -0.2) is 23.9 Å². The van der Waals surface area contributed by atoms with Crippen molar-refractivity contribution in [3.05, 3.63) is 90.8 Å². The fourth-order valence-electron chi connectivity index (χ4n) is 3.45. The number of rotatable bonds is 8. The number of hydrogen-bond acceptors (Lipinski definition) is 8. The van der Waals surface area contributed by atoms with E-state index < -0.39 is 38.2 Å². The topological polar surface area (TPSA) is 138 Å². The van der Waals surface area contributed by atoms with Gasteiger partial charge < -0.3 is 24.2 Å². The van der Waals surface area contributed by atoms with Gasteiger partial charge in [-0.15, -0.1) is 0 Å². The zero-order chi connectivity index (χ0) is 25.1. The van der Waals surface area contributed by atoms with Crippen molar-refractivity contribution in [3.63, 3.8) is 0 Å². The molecule has 0 radical (unpaired) electrons. The third kappa shape index (κ3) is 5.16. The van der Waals surface area contributed by atoms with Gasteiger partial charge in [0.25, 0.3) is 5.91 Å². The highest BCUT2D eigenvalue weighted by Gasteiger charge is 2.33. The normalized spacial score (nSPS) is 19.0. The number of para-hydroxylation sites is 1. The molecule has 1 unspecified atom stereocenters. The summed E-state index contributed by atoms with van der Waals surface area (Å²) >= 11 is 0. The van der Waals surface area contributed by atoms with Crippen molar-refractivity contribution in [1.82, 2.24) is 19.5 Å². The highest BCUT2D eigenvalue weighted by atomic mass is 31.2. The van der Waals surface area contributed by atoms with Crippen LogP contribution in [0.15, 0.2) is 85.2 Å². The molecule has 2 aromatic heterocycles. The molecule has 1 amide bonds. The summed E-state index contributed by atoms with van der Waals surface area (Å²) in [6, 6.07) is 16.6. The Bertz CT molecular complexity index is 1470. The van der Waals surface area contributed by atoms with E-state index in [-0.39, 0.29) is 22.7 Å². The highest BCUT2D eigenvalue weighted by Crippen LogP contribution is 2.43. The number of hydrogen-bond donors (Lipinski definition) is 2. The van der Waals surface area contributed by atoms with E-state index >= 15 is 0 Å². The molecule has 0 bridgehead atoms. The van der Waals surface area contributed by atoms with Crippen molar-refractivity contribution in [2.45, 2.75) is 12.5 Å². The molecular formula is C23H19FN5O6P. The molecule has 184 valence electrons. The van der Waals surface area contributed by atoms with Gasteiger partial charge in [0.05, 0.1) is 6.33 Å². The fourth-order valence-corrected chi connectivity index (χ4v) is 4.29. The van der Waals surface area contributed by atoms with E-state index in [0.29, 0.717) is 5.56 Å². The van der Waals surface area contributed by atoms with E-state index in [1.54, 1.807) is 48.5 Å². The number of aromatic nitrogens is 4. The maximum atomic E-state index is 14.8. The summed E-state index contributed by atoms with van der Waals surface area (Å²) in [5.41, 5.74) is 0.843. The Labute approximate surface area is 203 Å². The minimum atomic E-state index is -4.19. The van der Waals surface area contributed by atoms with Gasteiger partial charge in [0.1, 0.15) is 12.1 Å². The SMILES string of the molecule is O=C(Nc1ncnc2c1ncn2[C@@H]1O[C@H](OCP(=O)(O)Oc2ccccc2)C=C1F)c1ccccc1. The summed E-state index contributed by atoms with van der Waals surface area (Å²) in [4.78, 5) is 35.0. The summed E-state index contributed by atoms with van der Waals surface area (Å²) in [5, 5.41) is 2.67. The molecule has 0 fully saturated rings. The van der Waals surface area contributed by atoms with E-state index in [2.05, 4.69) is 20.3 Å². The van der Waals surface area contributed by atoms with Crippen molar-refractivity contribution < 1.29 is 32.6 Å². The number of imidazole rings is 1. The number of nitrogens with zero attached hydrogens (tertiary/aromatic N) is 4. The number of halogens is 1. The van der Waals surface area contributed by atoms with Crippen LogP contribution in [-0.4, -0.2) is 43.0 Å². The predicted molar refractivity (Wildman–Crippen MR) is 126 cm³/mol. The van der Waals surface area contributed by atoms with E-state index in [1.807, 2.05) is 0 Å². The molecule has 36 heavy (non-hydrogen) atoms. The number of amides is 1. The summed E-state index contributed by atoms with van der Waals surface area (Å²) in [6.07, 6.45) is 0.235. The molecule has 13 heteroatoms. The largest absolute Gasteiger partial charge is 0.423 e. The molecule has 5 rings (SSSR count). The average Bonchev–Trinajstić information content (AvgIpc) is 3.47. The van der Waals surface area contributed by atoms with Crippen LogP contribution < -0.4 is 9.84 Å². The second kappa shape index (κ2) is 9.96. The quantitative estimate of drug-likeness (QED) is 0.336. The predicted octanol–water partition coefficient (Wildman–Crippen LogP) is 4.03. The molecule has 0 saturated heterocycles. The summed E-state index contributed by atoms with van der Waals surface area (Å²) in [6.45, 7) is 0. The van der Waals surface area contributed by atoms with Crippen molar-refractivity contribution in [3.8, 4) is 5.75 Å². The van der Waals surface area contributed by atoms with Gasteiger partial charge in [0, 0.05) is 11.6 Å². The van der Waals surface area contributed by atoms with E-state index in [4.69, 9.17) is 14.0 Å². The standard InChI is InChI=1S/C23H19FN5O6P/c24-17-11-18(33-14-36(31,32)35-16-9-5-2-6-10-16)34-23(17)29-13-27-19-20(25-12-26-21(19)29)28-22(30)15-7-3-1-4-8-15/h1-13,18,23H,14H2,(H,31,32)(H,25,26,28,30)/t18-,23+/m0/s1. The van der Waals surface area contributed by atoms with Crippen LogP contribution in [0.2, 0.25) is 0 Å². The number of fused-ring (bicyclic) bond motifs is 1. The number of nitrogens with one attached hydrogen (secondary N) is 1. The molecular weight excluding hydrogens is 492 g/mol. The van der Waals surface area contributed by atoms with Crippen molar-refractivity contribution in [1.29, 1.82) is 0 Å². The maximum absolute atomic E-state index is 14.8. The second-order valence-corrected chi connectivity index (χ2v) is 9.33. The van der Waals surface area contributed by atoms with Gasteiger partial charge in [-0.1, -0.05) is 36.4 Å². The van der Waals surface area contributed by atoms with Gasteiger partial charge >= 0.3 is 7.60 Å². The maximum Gasteiger partial charge on any atom is 0.402 e. The third-order valence-electron chi connectivity index (χ3n) is 5.07. The lowest BCUT2D eigenvalue weighted by molar-refractivity contribution is -0.130. The number of ether oxygens (including phenoxy) is 2. The minimum absolute atomic E-state index is 0.141. The Morgan fingerprint density at radius 2 is 1.83 bits per heavy atom. The first-order valence-corrected chi connectivity index (χ1v) is 12.4. The molecule has 3 atom stereocenters. The average molecular weight is 511 g/mol. The Hall–Kier alpha value is -3.96. The molecule has 2 aromatic carbocycles. The van der Waals surface area contributed by atoms with Gasteiger partial charge in [0.2, 0.25) is 0 Å². The zero-order valence-electron chi connectivity index (χ0n) is 18.5. The number of benzene rings is 2. The van der Waals surface area contributed by atoms with Crippen LogP contribution in [-0.2, 0) is 14.0 Å². The van der Waals surface area contributed by atoms with Crippen LogP contribution in [0.1, 0.15) is 16.6 Å². The van der Waals surface area contributed by atoms with Crippen LogP contribution in [0.25, 0.3) is 11.2 Å². The number of carbonyl (C=O) groups excluding carboxylic acids is 1. The van der Waals surface area contributed by atoms with Crippen LogP contribution in [0.3, 0.4) is 0 Å². The van der Waals surface area contributed by atoms with Crippen LogP contribution >= 0.6 is 7.60 Å². The lowest BCUT2D eigenvalue weighted by Crippen LogP contribution is -2.17.